The number of aromatic nitrogens is 2. The maximum absolute atomic E-state index is 12.9. The molecule has 22 heavy (non-hydrogen) atoms. The zero-order chi connectivity index (χ0) is 15.3. The van der Waals surface area contributed by atoms with Gasteiger partial charge in [0.2, 0.25) is 0 Å². The molecule has 0 fully saturated rings. The van der Waals surface area contributed by atoms with Crippen molar-refractivity contribution in [2.75, 3.05) is 5.32 Å². The van der Waals surface area contributed by atoms with Crippen molar-refractivity contribution in [3.05, 3.63) is 57.8 Å². The third kappa shape index (κ3) is 1.84. The minimum Gasteiger partial charge on any atom is -0.364 e. The van der Waals surface area contributed by atoms with Crippen LogP contribution in [0.3, 0.4) is 0 Å². The maximum atomic E-state index is 12.9. The number of halogens is 1. The minimum absolute atomic E-state index is 0.0134. The van der Waals surface area contributed by atoms with Crippen molar-refractivity contribution in [3.8, 4) is 11.4 Å². The first-order valence-corrected chi connectivity index (χ1v) is 7.64. The van der Waals surface area contributed by atoms with Gasteiger partial charge < -0.3 is 5.32 Å². The van der Waals surface area contributed by atoms with Crippen LogP contribution in [-0.2, 0) is 0 Å². The van der Waals surface area contributed by atoms with Crippen LogP contribution < -0.4 is 10.9 Å². The lowest BCUT2D eigenvalue weighted by molar-refractivity contribution is 0.523. The van der Waals surface area contributed by atoms with Crippen LogP contribution in [0, 0.1) is 0 Å². The molecule has 3 aromatic rings. The molecule has 0 saturated carbocycles. The Bertz CT molecular complexity index is 948. The number of para-hydroxylation sites is 1. The molecule has 5 heteroatoms. The third-order valence-electron chi connectivity index (χ3n) is 4.05. The maximum Gasteiger partial charge on any atom is 0.263 e. The van der Waals surface area contributed by atoms with Crippen LogP contribution in [0.5, 0.6) is 0 Å². The molecule has 1 aliphatic rings. The van der Waals surface area contributed by atoms with Crippen LogP contribution in [0.25, 0.3) is 22.3 Å². The quantitative estimate of drug-likeness (QED) is 0.737. The molecule has 0 bridgehead atoms. The zero-order valence-corrected chi connectivity index (χ0v) is 12.8. The summed E-state index contributed by atoms with van der Waals surface area (Å²) in [7, 11) is 0. The van der Waals surface area contributed by atoms with E-state index in [9.17, 15) is 4.79 Å². The summed E-state index contributed by atoms with van der Waals surface area (Å²) < 4.78 is 1.75. The van der Waals surface area contributed by atoms with E-state index in [4.69, 9.17) is 16.6 Å². The standard InChI is InChI=1S/C17H14ClN3O/c1-2-15-19-14-9-10(18)7-8-11(14)16-20-13-6-4-3-5-12(13)17(22)21(15)16/h3-9,15,19H,2H2,1H3. The first-order valence-electron chi connectivity index (χ1n) is 7.27. The summed E-state index contributed by atoms with van der Waals surface area (Å²) in [6.07, 6.45) is 0.657. The van der Waals surface area contributed by atoms with Crippen molar-refractivity contribution in [1.82, 2.24) is 9.55 Å². The summed E-state index contributed by atoms with van der Waals surface area (Å²) >= 11 is 6.09. The lowest BCUT2D eigenvalue weighted by Gasteiger charge is -2.30. The van der Waals surface area contributed by atoms with Gasteiger partial charge in [-0.15, -0.1) is 0 Å². The first kappa shape index (κ1) is 13.3. The van der Waals surface area contributed by atoms with Crippen molar-refractivity contribution in [2.45, 2.75) is 19.5 Å². The summed E-state index contributed by atoms with van der Waals surface area (Å²) in [5.74, 6) is 0.695. The van der Waals surface area contributed by atoms with Crippen molar-refractivity contribution in [1.29, 1.82) is 0 Å². The summed E-state index contributed by atoms with van der Waals surface area (Å²) in [6, 6.07) is 13.1. The molecule has 1 aliphatic heterocycles. The highest BCUT2D eigenvalue weighted by Crippen LogP contribution is 2.36. The van der Waals surface area contributed by atoms with Crippen molar-refractivity contribution in [2.24, 2.45) is 0 Å². The molecular weight excluding hydrogens is 298 g/mol. The largest absolute Gasteiger partial charge is 0.364 e. The average Bonchev–Trinajstić information content (AvgIpc) is 2.54. The summed E-state index contributed by atoms with van der Waals surface area (Å²) in [5, 5.41) is 4.69. The Hall–Kier alpha value is -2.33. The van der Waals surface area contributed by atoms with Crippen molar-refractivity contribution >= 4 is 28.2 Å². The fraction of sp³-hybridized carbons (Fsp3) is 0.176. The monoisotopic (exact) mass is 311 g/mol. The number of nitrogens with zero attached hydrogens (tertiary/aromatic N) is 2. The SMILES string of the molecule is CCC1Nc2cc(Cl)ccc2-c2nc3ccccc3c(=O)n21. The van der Waals surface area contributed by atoms with E-state index in [1.807, 2.05) is 49.4 Å². The van der Waals surface area contributed by atoms with E-state index in [-0.39, 0.29) is 11.7 Å². The summed E-state index contributed by atoms with van der Waals surface area (Å²) in [6.45, 7) is 2.04. The molecule has 0 radical (unpaired) electrons. The summed E-state index contributed by atoms with van der Waals surface area (Å²) in [4.78, 5) is 17.6. The minimum atomic E-state index is -0.120. The van der Waals surface area contributed by atoms with Crippen LogP contribution in [-0.4, -0.2) is 9.55 Å². The Labute approximate surface area is 132 Å². The Kier molecular flexibility index (Phi) is 2.94. The van der Waals surface area contributed by atoms with E-state index in [2.05, 4.69) is 5.32 Å². The lowest BCUT2D eigenvalue weighted by atomic mass is 10.1. The molecule has 2 heterocycles. The molecule has 110 valence electrons. The first-order chi connectivity index (χ1) is 10.7. The van der Waals surface area contributed by atoms with E-state index < -0.39 is 0 Å². The van der Waals surface area contributed by atoms with Gasteiger partial charge in [0, 0.05) is 16.3 Å². The van der Waals surface area contributed by atoms with E-state index in [0.717, 1.165) is 23.2 Å². The van der Waals surface area contributed by atoms with Crippen molar-refractivity contribution in [3.63, 3.8) is 0 Å². The molecule has 4 nitrogen and oxygen atoms in total. The van der Waals surface area contributed by atoms with Gasteiger partial charge in [0.25, 0.3) is 5.56 Å². The van der Waals surface area contributed by atoms with E-state index in [0.29, 0.717) is 16.2 Å². The van der Waals surface area contributed by atoms with Gasteiger partial charge in [0.1, 0.15) is 12.0 Å². The molecule has 0 spiro atoms. The highest BCUT2D eigenvalue weighted by atomic mass is 35.5. The van der Waals surface area contributed by atoms with Crippen molar-refractivity contribution < 1.29 is 0 Å². The zero-order valence-electron chi connectivity index (χ0n) is 12.0. The Balaban J connectivity index is 2.12. The molecule has 1 unspecified atom stereocenters. The molecule has 0 aliphatic carbocycles. The number of benzene rings is 2. The van der Waals surface area contributed by atoms with E-state index in [1.165, 1.54) is 0 Å². The number of anilines is 1. The van der Waals surface area contributed by atoms with Crippen LogP contribution in [0.2, 0.25) is 5.02 Å². The van der Waals surface area contributed by atoms with Gasteiger partial charge >= 0.3 is 0 Å². The topological polar surface area (TPSA) is 46.9 Å². The van der Waals surface area contributed by atoms with Gasteiger partial charge in [-0.2, -0.15) is 0 Å². The number of rotatable bonds is 1. The van der Waals surface area contributed by atoms with Gasteiger partial charge in [-0.25, -0.2) is 4.98 Å². The molecule has 0 amide bonds. The molecule has 4 rings (SSSR count). The number of fused-ring (bicyclic) bond motifs is 4. The number of hydrogen-bond acceptors (Lipinski definition) is 3. The highest BCUT2D eigenvalue weighted by Gasteiger charge is 2.26. The average molecular weight is 312 g/mol. The lowest BCUT2D eigenvalue weighted by Crippen LogP contribution is -2.34. The fourth-order valence-electron chi connectivity index (χ4n) is 2.98. The fourth-order valence-corrected chi connectivity index (χ4v) is 3.16. The predicted octanol–water partition coefficient (Wildman–Crippen LogP) is 4.05. The second-order valence-corrected chi connectivity index (χ2v) is 5.82. The second-order valence-electron chi connectivity index (χ2n) is 5.39. The Morgan fingerprint density at radius 2 is 2.09 bits per heavy atom. The molecule has 1 N–H and O–H groups in total. The number of nitrogens with one attached hydrogen (secondary N) is 1. The Morgan fingerprint density at radius 3 is 2.91 bits per heavy atom. The van der Waals surface area contributed by atoms with Crippen LogP contribution in [0.4, 0.5) is 5.69 Å². The van der Waals surface area contributed by atoms with Gasteiger partial charge in [-0.3, -0.25) is 9.36 Å². The Morgan fingerprint density at radius 1 is 1.27 bits per heavy atom. The van der Waals surface area contributed by atoms with Crippen LogP contribution >= 0.6 is 11.6 Å². The van der Waals surface area contributed by atoms with Crippen LogP contribution in [0.1, 0.15) is 19.5 Å². The smallest absolute Gasteiger partial charge is 0.263 e. The van der Waals surface area contributed by atoms with Gasteiger partial charge in [-0.1, -0.05) is 30.7 Å². The summed E-state index contributed by atoms with van der Waals surface area (Å²) in [5.41, 5.74) is 2.52. The molecule has 0 saturated heterocycles. The van der Waals surface area contributed by atoms with Gasteiger partial charge in [0.05, 0.1) is 10.9 Å². The van der Waals surface area contributed by atoms with E-state index >= 15 is 0 Å². The number of hydrogen-bond donors (Lipinski definition) is 1. The molecule has 2 aromatic carbocycles. The van der Waals surface area contributed by atoms with Gasteiger partial charge in [-0.05, 0) is 36.8 Å². The molecular formula is C17H14ClN3O. The molecule has 1 atom stereocenters. The third-order valence-corrected chi connectivity index (χ3v) is 4.29. The van der Waals surface area contributed by atoms with Gasteiger partial charge in [0.15, 0.2) is 0 Å². The van der Waals surface area contributed by atoms with E-state index in [1.54, 1.807) is 4.57 Å². The second kappa shape index (κ2) is 4.85. The molecule has 1 aromatic heterocycles. The predicted molar refractivity (Wildman–Crippen MR) is 89.4 cm³/mol. The normalized spacial score (nSPS) is 16.0. The van der Waals surface area contributed by atoms with Crippen LogP contribution in [0.15, 0.2) is 47.3 Å². The highest BCUT2D eigenvalue weighted by molar-refractivity contribution is 6.31.